The monoisotopic (exact) mass is 721 g/mol. The van der Waals surface area contributed by atoms with Gasteiger partial charge in [0, 0.05) is 27.8 Å². The van der Waals surface area contributed by atoms with E-state index in [2.05, 4.69) is 16.0 Å². The number of carbonyl (C=O) groups excluding carboxylic acids is 3. The normalized spacial score (nSPS) is 11.6. The van der Waals surface area contributed by atoms with Gasteiger partial charge in [0.05, 0.1) is 31.5 Å². The standard InChI is InChI=1S/C40H36ClN3O6S/c1-4-50-34-18-12-11-17-28(34)23-33(44-38(45)27-15-9-6-10-16-27)39(46)42-29-19-21-30(22-20-29)51-37(26-13-7-5-8-14-26)40(47)43-32-24-31(41)35(48-2)25-36(32)49-3/h5-25,37H,4H2,1-3H3,(H,42,46)(H,43,47)(H,44,45)/b33-23-. The van der Waals surface area contributed by atoms with Gasteiger partial charge >= 0.3 is 0 Å². The summed E-state index contributed by atoms with van der Waals surface area (Å²) in [7, 11) is 3.00. The maximum Gasteiger partial charge on any atom is 0.272 e. The van der Waals surface area contributed by atoms with Crippen molar-refractivity contribution in [1.82, 2.24) is 5.32 Å². The lowest BCUT2D eigenvalue weighted by atomic mass is 10.1. The minimum absolute atomic E-state index is 0.0318. The molecule has 3 N–H and O–H groups in total. The molecule has 0 saturated carbocycles. The molecular formula is C40H36ClN3O6S. The largest absolute Gasteiger partial charge is 0.495 e. The first-order chi connectivity index (χ1) is 24.8. The van der Waals surface area contributed by atoms with Gasteiger partial charge in [-0.25, -0.2) is 0 Å². The van der Waals surface area contributed by atoms with E-state index >= 15 is 0 Å². The third-order valence-corrected chi connectivity index (χ3v) is 9.05. The van der Waals surface area contributed by atoms with Crippen molar-refractivity contribution < 1.29 is 28.6 Å². The fraction of sp³-hybridized carbons (Fsp3) is 0.125. The molecule has 0 aromatic heterocycles. The zero-order valence-corrected chi connectivity index (χ0v) is 29.7. The van der Waals surface area contributed by atoms with Crippen LogP contribution in [0.15, 0.2) is 132 Å². The van der Waals surface area contributed by atoms with Crippen molar-refractivity contribution in [3.05, 3.63) is 149 Å². The third kappa shape index (κ3) is 9.72. The summed E-state index contributed by atoms with van der Waals surface area (Å²) < 4.78 is 16.5. The second-order valence-electron chi connectivity index (χ2n) is 10.9. The van der Waals surface area contributed by atoms with Crippen LogP contribution in [0.3, 0.4) is 0 Å². The van der Waals surface area contributed by atoms with Crippen molar-refractivity contribution in [3.63, 3.8) is 0 Å². The number of benzene rings is 5. The summed E-state index contributed by atoms with van der Waals surface area (Å²) >= 11 is 7.69. The molecular weight excluding hydrogens is 686 g/mol. The van der Waals surface area contributed by atoms with Gasteiger partial charge in [0.15, 0.2) is 0 Å². The number of amides is 3. The van der Waals surface area contributed by atoms with Gasteiger partial charge in [-0.05, 0) is 67.1 Å². The SMILES string of the molecule is CCOc1ccccc1/C=C(\NC(=O)c1ccccc1)C(=O)Nc1ccc(SC(C(=O)Nc2cc(Cl)c(OC)cc2OC)c2ccccc2)cc1. The Hall–Kier alpha value is -5.71. The Balaban J connectivity index is 1.36. The summed E-state index contributed by atoms with van der Waals surface area (Å²) in [4.78, 5) is 41.3. The number of hydrogen-bond acceptors (Lipinski definition) is 7. The fourth-order valence-corrected chi connectivity index (χ4v) is 6.26. The summed E-state index contributed by atoms with van der Waals surface area (Å²) in [6.07, 6.45) is 1.58. The van der Waals surface area contributed by atoms with Crippen molar-refractivity contribution >= 4 is 58.5 Å². The van der Waals surface area contributed by atoms with Crippen molar-refractivity contribution in [2.75, 3.05) is 31.5 Å². The number of anilines is 2. The number of carbonyl (C=O) groups is 3. The molecule has 0 heterocycles. The molecule has 1 unspecified atom stereocenters. The molecule has 11 heteroatoms. The number of halogens is 1. The lowest BCUT2D eigenvalue weighted by Crippen LogP contribution is -2.30. The molecule has 51 heavy (non-hydrogen) atoms. The van der Waals surface area contributed by atoms with Crippen LogP contribution in [0.2, 0.25) is 5.02 Å². The summed E-state index contributed by atoms with van der Waals surface area (Å²) in [5.74, 6) is 0.142. The van der Waals surface area contributed by atoms with Crippen molar-refractivity contribution in [1.29, 1.82) is 0 Å². The van der Waals surface area contributed by atoms with E-state index in [1.54, 1.807) is 66.7 Å². The molecule has 0 aliphatic rings. The predicted octanol–water partition coefficient (Wildman–Crippen LogP) is 8.64. The van der Waals surface area contributed by atoms with E-state index in [1.807, 2.05) is 67.6 Å². The van der Waals surface area contributed by atoms with Crippen LogP contribution >= 0.6 is 23.4 Å². The maximum absolute atomic E-state index is 13.8. The highest BCUT2D eigenvalue weighted by Crippen LogP contribution is 2.40. The van der Waals surface area contributed by atoms with Gasteiger partial charge in [0.1, 0.15) is 28.2 Å². The zero-order chi connectivity index (χ0) is 36.2. The quantitative estimate of drug-likeness (QED) is 0.0777. The molecule has 0 bridgehead atoms. The summed E-state index contributed by atoms with van der Waals surface area (Å²) in [5, 5.41) is 8.26. The average molecular weight is 722 g/mol. The van der Waals surface area contributed by atoms with Crippen molar-refractivity contribution in [3.8, 4) is 17.2 Å². The Labute approximate surface area is 306 Å². The van der Waals surface area contributed by atoms with Crippen LogP contribution in [0.5, 0.6) is 17.2 Å². The second-order valence-corrected chi connectivity index (χ2v) is 12.5. The van der Waals surface area contributed by atoms with Crippen LogP contribution < -0.4 is 30.2 Å². The summed E-state index contributed by atoms with van der Waals surface area (Å²) in [6.45, 7) is 2.31. The van der Waals surface area contributed by atoms with Gasteiger partial charge < -0.3 is 30.2 Å². The number of thioether (sulfide) groups is 1. The molecule has 5 aromatic carbocycles. The van der Waals surface area contributed by atoms with Gasteiger partial charge in [-0.15, -0.1) is 11.8 Å². The van der Waals surface area contributed by atoms with Gasteiger partial charge in [-0.3, -0.25) is 14.4 Å². The smallest absolute Gasteiger partial charge is 0.272 e. The highest BCUT2D eigenvalue weighted by atomic mass is 35.5. The molecule has 0 spiro atoms. The Bertz CT molecular complexity index is 2010. The number of ether oxygens (including phenoxy) is 3. The number of nitrogens with one attached hydrogen (secondary N) is 3. The van der Waals surface area contributed by atoms with E-state index in [0.717, 1.165) is 10.5 Å². The molecule has 260 valence electrons. The van der Waals surface area contributed by atoms with Gasteiger partial charge in [-0.2, -0.15) is 0 Å². The molecule has 3 amide bonds. The maximum atomic E-state index is 13.8. The number of methoxy groups -OCH3 is 2. The number of rotatable bonds is 14. The Morgan fingerprint density at radius 2 is 1.41 bits per heavy atom. The molecule has 1 atom stereocenters. The first kappa shape index (κ1) is 36.6. The fourth-order valence-electron chi connectivity index (χ4n) is 4.99. The molecule has 0 aliphatic heterocycles. The van der Waals surface area contributed by atoms with Crippen LogP contribution in [-0.2, 0) is 9.59 Å². The van der Waals surface area contributed by atoms with Crippen LogP contribution in [0, 0.1) is 0 Å². The highest BCUT2D eigenvalue weighted by Gasteiger charge is 2.24. The van der Waals surface area contributed by atoms with E-state index in [4.69, 9.17) is 25.8 Å². The first-order valence-electron chi connectivity index (χ1n) is 15.9. The molecule has 5 aromatic rings. The van der Waals surface area contributed by atoms with E-state index < -0.39 is 17.1 Å². The van der Waals surface area contributed by atoms with Crippen LogP contribution in [0.4, 0.5) is 11.4 Å². The number of hydrogen-bond donors (Lipinski definition) is 3. The second kappa shape index (κ2) is 17.8. The average Bonchev–Trinajstić information content (AvgIpc) is 3.15. The van der Waals surface area contributed by atoms with Crippen molar-refractivity contribution in [2.24, 2.45) is 0 Å². The zero-order valence-electron chi connectivity index (χ0n) is 28.1. The molecule has 0 saturated heterocycles. The van der Waals surface area contributed by atoms with E-state index in [9.17, 15) is 14.4 Å². The molecule has 0 radical (unpaired) electrons. The molecule has 0 fully saturated rings. The van der Waals surface area contributed by atoms with Crippen molar-refractivity contribution in [2.45, 2.75) is 17.1 Å². The Kier molecular flexibility index (Phi) is 12.8. The predicted molar refractivity (Wildman–Crippen MR) is 203 cm³/mol. The summed E-state index contributed by atoms with van der Waals surface area (Å²) in [5.41, 5.74) is 2.74. The minimum atomic E-state index is -0.648. The minimum Gasteiger partial charge on any atom is -0.495 e. The first-order valence-corrected chi connectivity index (χ1v) is 17.2. The lowest BCUT2D eigenvalue weighted by Gasteiger charge is -2.19. The topological polar surface area (TPSA) is 115 Å². The van der Waals surface area contributed by atoms with E-state index in [1.165, 1.54) is 26.0 Å². The van der Waals surface area contributed by atoms with E-state index in [0.29, 0.717) is 51.4 Å². The molecule has 9 nitrogen and oxygen atoms in total. The third-order valence-electron chi connectivity index (χ3n) is 7.49. The molecule has 0 aliphatic carbocycles. The van der Waals surface area contributed by atoms with Gasteiger partial charge in [0.2, 0.25) is 5.91 Å². The highest BCUT2D eigenvalue weighted by molar-refractivity contribution is 8.00. The molecule has 5 rings (SSSR count). The number of para-hydroxylation sites is 1. The Morgan fingerprint density at radius 3 is 2.08 bits per heavy atom. The van der Waals surface area contributed by atoms with Crippen LogP contribution in [0.25, 0.3) is 6.08 Å². The summed E-state index contributed by atoms with van der Waals surface area (Å²) in [6, 6.07) is 35.6. The lowest BCUT2D eigenvalue weighted by molar-refractivity contribution is -0.116. The Morgan fingerprint density at radius 1 is 0.765 bits per heavy atom. The van der Waals surface area contributed by atoms with Crippen LogP contribution in [-0.4, -0.2) is 38.5 Å². The van der Waals surface area contributed by atoms with Gasteiger partial charge in [-0.1, -0.05) is 78.3 Å². The van der Waals surface area contributed by atoms with Crippen LogP contribution in [0.1, 0.15) is 33.7 Å². The van der Waals surface area contributed by atoms with Gasteiger partial charge in [0.25, 0.3) is 11.8 Å². The van der Waals surface area contributed by atoms with E-state index in [-0.39, 0.29) is 11.6 Å².